The van der Waals surface area contributed by atoms with Gasteiger partial charge in [0.2, 0.25) is 0 Å². The molecule has 1 aromatic carbocycles. The molecule has 3 rings (SSSR count). The number of halogens is 1. The Bertz CT molecular complexity index is 476. The summed E-state index contributed by atoms with van der Waals surface area (Å²) in [7, 11) is 0. The van der Waals surface area contributed by atoms with Gasteiger partial charge in [-0.2, -0.15) is 4.37 Å². The van der Waals surface area contributed by atoms with E-state index in [1.54, 1.807) is 0 Å². The summed E-state index contributed by atoms with van der Waals surface area (Å²) in [4.78, 5) is 4.45. The first-order valence-corrected chi connectivity index (χ1v) is 6.43. The van der Waals surface area contributed by atoms with Crippen LogP contribution in [0, 0.1) is 0 Å². The van der Waals surface area contributed by atoms with E-state index in [1.807, 2.05) is 6.07 Å². The van der Waals surface area contributed by atoms with E-state index in [9.17, 15) is 0 Å². The van der Waals surface area contributed by atoms with Gasteiger partial charge in [-0.25, -0.2) is 4.98 Å². The summed E-state index contributed by atoms with van der Waals surface area (Å²) >= 11 is 4.79. The molecule has 0 aliphatic heterocycles. The van der Waals surface area contributed by atoms with Crippen molar-refractivity contribution in [2.45, 2.75) is 18.3 Å². The lowest BCUT2D eigenvalue weighted by Gasteiger charge is -2.10. The van der Waals surface area contributed by atoms with Crippen molar-refractivity contribution in [3.05, 3.63) is 45.6 Å². The first kappa shape index (κ1) is 9.48. The molecule has 1 aliphatic carbocycles. The van der Waals surface area contributed by atoms with Crippen molar-refractivity contribution < 1.29 is 0 Å². The highest BCUT2D eigenvalue weighted by Crippen LogP contribution is 2.52. The van der Waals surface area contributed by atoms with Crippen LogP contribution >= 0.6 is 27.5 Å². The molecule has 1 heterocycles. The highest BCUT2D eigenvalue weighted by Gasteiger charge is 2.49. The van der Waals surface area contributed by atoms with Crippen LogP contribution in [0.2, 0.25) is 0 Å². The minimum absolute atomic E-state index is 0.115. The molecule has 1 aromatic heterocycles. The van der Waals surface area contributed by atoms with E-state index >= 15 is 0 Å². The van der Waals surface area contributed by atoms with Crippen molar-refractivity contribution in [3.63, 3.8) is 0 Å². The first-order valence-electron chi connectivity index (χ1n) is 4.86. The predicted molar refractivity (Wildman–Crippen MR) is 64.1 cm³/mol. The highest BCUT2D eigenvalue weighted by molar-refractivity contribution is 9.11. The third kappa shape index (κ3) is 1.52. The zero-order valence-corrected chi connectivity index (χ0v) is 10.4. The number of benzene rings is 1. The molecule has 0 bridgehead atoms. The normalized spacial score (nSPS) is 17.7. The Hall–Kier alpha value is -0.740. The second-order valence-electron chi connectivity index (χ2n) is 3.82. The Morgan fingerprint density at radius 1 is 1.20 bits per heavy atom. The van der Waals surface area contributed by atoms with Crippen molar-refractivity contribution >= 4 is 27.5 Å². The van der Waals surface area contributed by atoms with Gasteiger partial charge in [-0.15, -0.1) is 0 Å². The minimum Gasteiger partial charge on any atom is -0.211 e. The lowest BCUT2D eigenvalue weighted by molar-refractivity contribution is 0.777. The van der Waals surface area contributed by atoms with Gasteiger partial charge in [0.15, 0.2) is 9.74 Å². The van der Waals surface area contributed by atoms with Crippen molar-refractivity contribution in [3.8, 4) is 0 Å². The molecular formula is C11H9BrN2S. The Morgan fingerprint density at radius 2 is 1.93 bits per heavy atom. The van der Waals surface area contributed by atoms with Crippen molar-refractivity contribution in [1.29, 1.82) is 0 Å². The summed E-state index contributed by atoms with van der Waals surface area (Å²) < 4.78 is 5.28. The van der Waals surface area contributed by atoms with Crippen LogP contribution in [-0.2, 0) is 5.41 Å². The molecule has 0 saturated heterocycles. The van der Waals surface area contributed by atoms with E-state index in [2.05, 4.69) is 49.6 Å². The maximum Gasteiger partial charge on any atom is 0.179 e. The van der Waals surface area contributed by atoms with Crippen LogP contribution in [0.4, 0.5) is 0 Å². The maximum absolute atomic E-state index is 4.45. The summed E-state index contributed by atoms with van der Waals surface area (Å²) in [5, 5.41) is 0. The second-order valence-corrected chi connectivity index (χ2v) is 5.85. The van der Waals surface area contributed by atoms with Gasteiger partial charge < -0.3 is 0 Å². The third-order valence-electron chi connectivity index (χ3n) is 2.91. The van der Waals surface area contributed by atoms with Crippen LogP contribution in [0.5, 0.6) is 0 Å². The zero-order chi connectivity index (χ0) is 10.3. The number of aromatic nitrogens is 2. The largest absolute Gasteiger partial charge is 0.211 e. The molecule has 0 atom stereocenters. The average Bonchev–Trinajstić information content (AvgIpc) is 2.98. The molecule has 2 nitrogen and oxygen atoms in total. The number of hydrogen-bond acceptors (Lipinski definition) is 3. The minimum atomic E-state index is 0.115. The van der Waals surface area contributed by atoms with Crippen LogP contribution in [0.25, 0.3) is 0 Å². The molecule has 76 valence electrons. The first-order chi connectivity index (χ1) is 7.31. The summed E-state index contributed by atoms with van der Waals surface area (Å²) in [6.45, 7) is 0. The van der Waals surface area contributed by atoms with Crippen LogP contribution in [0.15, 0.2) is 34.2 Å². The van der Waals surface area contributed by atoms with E-state index in [1.165, 1.54) is 29.9 Å². The van der Waals surface area contributed by atoms with Crippen LogP contribution in [0.1, 0.15) is 24.2 Å². The number of nitrogens with zero attached hydrogens (tertiary/aromatic N) is 2. The topological polar surface area (TPSA) is 25.8 Å². The van der Waals surface area contributed by atoms with Crippen LogP contribution in [-0.4, -0.2) is 9.36 Å². The standard InChI is InChI=1S/C11H9BrN2S/c12-10-13-9(14-15-10)11(6-7-11)8-4-2-1-3-5-8/h1-5H,6-7H2. The quantitative estimate of drug-likeness (QED) is 0.843. The zero-order valence-electron chi connectivity index (χ0n) is 7.98. The lowest BCUT2D eigenvalue weighted by atomic mass is 9.95. The van der Waals surface area contributed by atoms with Gasteiger partial charge in [0.05, 0.1) is 5.41 Å². The van der Waals surface area contributed by atoms with Crippen molar-refractivity contribution in [1.82, 2.24) is 9.36 Å². The third-order valence-corrected chi connectivity index (χ3v) is 4.02. The van der Waals surface area contributed by atoms with E-state index in [-0.39, 0.29) is 5.41 Å². The molecular weight excluding hydrogens is 272 g/mol. The molecule has 0 radical (unpaired) electrons. The highest BCUT2D eigenvalue weighted by atomic mass is 79.9. The molecule has 4 heteroatoms. The molecule has 2 aromatic rings. The van der Waals surface area contributed by atoms with Gasteiger partial charge in [-0.3, -0.25) is 0 Å². The summed E-state index contributed by atoms with van der Waals surface area (Å²) in [6, 6.07) is 10.5. The maximum atomic E-state index is 4.45. The van der Waals surface area contributed by atoms with Crippen molar-refractivity contribution in [2.24, 2.45) is 0 Å². The molecule has 15 heavy (non-hydrogen) atoms. The van der Waals surface area contributed by atoms with E-state index in [4.69, 9.17) is 0 Å². The Morgan fingerprint density at radius 3 is 2.47 bits per heavy atom. The SMILES string of the molecule is Brc1nc(C2(c3ccccc3)CC2)ns1. The van der Waals surface area contributed by atoms with E-state index in [0.29, 0.717) is 0 Å². The molecule has 1 aliphatic rings. The molecule has 0 unspecified atom stereocenters. The molecule has 0 spiro atoms. The Labute approximate surface area is 101 Å². The van der Waals surface area contributed by atoms with Gasteiger partial charge >= 0.3 is 0 Å². The summed E-state index contributed by atoms with van der Waals surface area (Å²) in [5.74, 6) is 0.977. The van der Waals surface area contributed by atoms with E-state index < -0.39 is 0 Å². The lowest BCUT2D eigenvalue weighted by Crippen LogP contribution is -2.10. The van der Waals surface area contributed by atoms with Crippen LogP contribution in [0.3, 0.4) is 0 Å². The van der Waals surface area contributed by atoms with Crippen molar-refractivity contribution in [2.75, 3.05) is 0 Å². The number of hydrogen-bond donors (Lipinski definition) is 0. The fourth-order valence-electron chi connectivity index (χ4n) is 1.92. The smallest absolute Gasteiger partial charge is 0.179 e. The molecule has 1 fully saturated rings. The van der Waals surface area contributed by atoms with Crippen LogP contribution < -0.4 is 0 Å². The van der Waals surface area contributed by atoms with Gasteiger partial charge in [-0.1, -0.05) is 30.3 Å². The fraction of sp³-hybridized carbons (Fsp3) is 0.273. The second kappa shape index (κ2) is 3.39. The fourth-order valence-corrected chi connectivity index (χ4v) is 2.81. The van der Waals surface area contributed by atoms with Gasteiger partial charge in [0, 0.05) is 0 Å². The van der Waals surface area contributed by atoms with Gasteiger partial charge in [-0.05, 0) is 45.9 Å². The summed E-state index contributed by atoms with van der Waals surface area (Å²) in [6.07, 6.45) is 2.33. The molecule has 0 amide bonds. The predicted octanol–water partition coefficient (Wildman–Crippen LogP) is 3.38. The summed E-state index contributed by atoms with van der Waals surface area (Å²) in [5.41, 5.74) is 1.46. The van der Waals surface area contributed by atoms with E-state index in [0.717, 1.165) is 9.74 Å². The molecule has 1 saturated carbocycles. The monoisotopic (exact) mass is 280 g/mol. The molecule has 0 N–H and O–H groups in total. The van der Waals surface area contributed by atoms with Gasteiger partial charge in [0.25, 0.3) is 0 Å². The average molecular weight is 281 g/mol. The number of rotatable bonds is 2. The van der Waals surface area contributed by atoms with Gasteiger partial charge in [0.1, 0.15) is 0 Å². The Kier molecular flexibility index (Phi) is 2.14. The Balaban J connectivity index is 2.05.